The molecule has 1 unspecified atom stereocenters. The second kappa shape index (κ2) is 6.42. The summed E-state index contributed by atoms with van der Waals surface area (Å²) in [4.78, 5) is 0. The predicted molar refractivity (Wildman–Crippen MR) is 58.8 cm³/mol. The summed E-state index contributed by atoms with van der Waals surface area (Å²) in [5.74, 6) is 0.502. The zero-order chi connectivity index (χ0) is 10.3. The lowest BCUT2D eigenvalue weighted by Gasteiger charge is -2.35. The van der Waals surface area contributed by atoms with Gasteiger partial charge in [-0.15, -0.1) is 0 Å². The minimum absolute atomic E-state index is 0.351. The van der Waals surface area contributed by atoms with E-state index in [9.17, 15) is 5.11 Å². The highest BCUT2D eigenvalue weighted by Gasteiger charge is 2.29. The third-order valence-corrected chi connectivity index (χ3v) is 3.73. The normalized spacial score (nSPS) is 14.5. The SMILES string of the molecule is CCCCC(CO)C(C)(CC)CC. The molecular weight excluding hydrogens is 160 g/mol. The van der Waals surface area contributed by atoms with E-state index in [2.05, 4.69) is 27.7 Å². The molecule has 0 aromatic rings. The molecule has 13 heavy (non-hydrogen) atoms. The third-order valence-electron chi connectivity index (χ3n) is 3.73. The van der Waals surface area contributed by atoms with Crippen LogP contribution in [0.1, 0.15) is 59.8 Å². The van der Waals surface area contributed by atoms with E-state index in [1.54, 1.807) is 0 Å². The van der Waals surface area contributed by atoms with Crippen LogP contribution in [0.15, 0.2) is 0 Å². The molecule has 1 heteroatoms. The Kier molecular flexibility index (Phi) is 6.40. The molecule has 0 spiro atoms. The van der Waals surface area contributed by atoms with Gasteiger partial charge < -0.3 is 5.11 Å². The van der Waals surface area contributed by atoms with E-state index in [0.717, 1.165) is 0 Å². The van der Waals surface area contributed by atoms with Crippen LogP contribution in [0, 0.1) is 11.3 Å². The van der Waals surface area contributed by atoms with Crippen molar-refractivity contribution < 1.29 is 5.11 Å². The van der Waals surface area contributed by atoms with Crippen LogP contribution in [-0.2, 0) is 0 Å². The van der Waals surface area contributed by atoms with Crippen LogP contribution in [0.3, 0.4) is 0 Å². The van der Waals surface area contributed by atoms with Gasteiger partial charge in [0, 0.05) is 6.61 Å². The summed E-state index contributed by atoms with van der Waals surface area (Å²) in [5, 5.41) is 9.35. The lowest BCUT2D eigenvalue weighted by molar-refractivity contribution is 0.0847. The summed E-state index contributed by atoms with van der Waals surface area (Å²) in [6, 6.07) is 0. The largest absolute Gasteiger partial charge is 0.396 e. The highest BCUT2D eigenvalue weighted by molar-refractivity contribution is 4.79. The van der Waals surface area contributed by atoms with Gasteiger partial charge in [-0.3, -0.25) is 0 Å². The first kappa shape index (κ1) is 13.0. The molecule has 1 atom stereocenters. The zero-order valence-corrected chi connectivity index (χ0v) is 9.77. The van der Waals surface area contributed by atoms with Gasteiger partial charge >= 0.3 is 0 Å². The van der Waals surface area contributed by atoms with Gasteiger partial charge in [-0.05, 0) is 17.8 Å². The number of aliphatic hydroxyl groups excluding tert-OH is 1. The average molecular weight is 186 g/mol. The van der Waals surface area contributed by atoms with Gasteiger partial charge in [0.15, 0.2) is 0 Å². The van der Waals surface area contributed by atoms with E-state index in [-0.39, 0.29) is 0 Å². The molecule has 0 aliphatic carbocycles. The van der Waals surface area contributed by atoms with Crippen molar-refractivity contribution in [1.29, 1.82) is 0 Å². The van der Waals surface area contributed by atoms with Crippen LogP contribution in [0.25, 0.3) is 0 Å². The Balaban J connectivity index is 4.16. The van der Waals surface area contributed by atoms with E-state index >= 15 is 0 Å². The molecule has 0 radical (unpaired) electrons. The first-order valence-corrected chi connectivity index (χ1v) is 5.75. The Morgan fingerprint density at radius 3 is 2.00 bits per heavy atom. The summed E-state index contributed by atoms with van der Waals surface area (Å²) in [6.45, 7) is 9.35. The molecule has 0 saturated heterocycles. The van der Waals surface area contributed by atoms with E-state index in [1.165, 1.54) is 32.1 Å². The molecule has 1 nitrogen and oxygen atoms in total. The maximum Gasteiger partial charge on any atom is 0.0464 e. The lowest BCUT2D eigenvalue weighted by atomic mass is 9.71. The topological polar surface area (TPSA) is 20.2 Å². The summed E-state index contributed by atoms with van der Waals surface area (Å²) in [6.07, 6.45) is 6.03. The van der Waals surface area contributed by atoms with E-state index < -0.39 is 0 Å². The molecule has 0 fully saturated rings. The fraction of sp³-hybridized carbons (Fsp3) is 1.00. The van der Waals surface area contributed by atoms with Gasteiger partial charge in [0.2, 0.25) is 0 Å². The number of aliphatic hydroxyl groups is 1. The van der Waals surface area contributed by atoms with Crippen LogP contribution >= 0.6 is 0 Å². The molecular formula is C12H26O. The summed E-state index contributed by atoms with van der Waals surface area (Å²) >= 11 is 0. The number of hydrogen-bond acceptors (Lipinski definition) is 1. The Hall–Kier alpha value is -0.0400. The van der Waals surface area contributed by atoms with E-state index in [4.69, 9.17) is 0 Å². The van der Waals surface area contributed by atoms with Gasteiger partial charge in [-0.1, -0.05) is 53.4 Å². The van der Waals surface area contributed by atoms with Gasteiger partial charge in [0.25, 0.3) is 0 Å². The van der Waals surface area contributed by atoms with Crippen molar-refractivity contribution in [2.45, 2.75) is 59.8 Å². The van der Waals surface area contributed by atoms with Crippen molar-refractivity contribution >= 4 is 0 Å². The van der Waals surface area contributed by atoms with Crippen molar-refractivity contribution in [3.63, 3.8) is 0 Å². The van der Waals surface area contributed by atoms with Gasteiger partial charge in [0.1, 0.15) is 0 Å². The van der Waals surface area contributed by atoms with Gasteiger partial charge in [0.05, 0.1) is 0 Å². The molecule has 0 aliphatic heterocycles. The molecule has 80 valence electrons. The fourth-order valence-electron chi connectivity index (χ4n) is 1.94. The fourth-order valence-corrected chi connectivity index (χ4v) is 1.94. The maximum absolute atomic E-state index is 9.35. The van der Waals surface area contributed by atoms with Gasteiger partial charge in [-0.2, -0.15) is 0 Å². The molecule has 0 aromatic heterocycles. The highest BCUT2D eigenvalue weighted by Crippen LogP contribution is 2.37. The van der Waals surface area contributed by atoms with E-state index in [1.807, 2.05) is 0 Å². The minimum atomic E-state index is 0.351. The van der Waals surface area contributed by atoms with Gasteiger partial charge in [-0.25, -0.2) is 0 Å². The molecule has 0 rings (SSSR count). The first-order chi connectivity index (χ1) is 6.14. The summed E-state index contributed by atoms with van der Waals surface area (Å²) in [5.41, 5.74) is 0.351. The van der Waals surface area contributed by atoms with Crippen molar-refractivity contribution in [1.82, 2.24) is 0 Å². The van der Waals surface area contributed by atoms with Crippen LogP contribution in [0.4, 0.5) is 0 Å². The smallest absolute Gasteiger partial charge is 0.0464 e. The molecule has 0 bridgehead atoms. The second-order valence-corrected chi connectivity index (χ2v) is 4.38. The van der Waals surface area contributed by atoms with Crippen LogP contribution in [0.5, 0.6) is 0 Å². The predicted octanol–water partition coefficient (Wildman–Crippen LogP) is 3.61. The van der Waals surface area contributed by atoms with Crippen LogP contribution < -0.4 is 0 Å². The Morgan fingerprint density at radius 1 is 1.15 bits per heavy atom. The monoisotopic (exact) mass is 186 g/mol. The number of hydrogen-bond donors (Lipinski definition) is 1. The molecule has 0 aliphatic rings. The van der Waals surface area contributed by atoms with Crippen molar-refractivity contribution in [2.24, 2.45) is 11.3 Å². The summed E-state index contributed by atoms with van der Waals surface area (Å²) < 4.78 is 0. The van der Waals surface area contributed by atoms with Crippen molar-refractivity contribution in [3.05, 3.63) is 0 Å². The van der Waals surface area contributed by atoms with Crippen molar-refractivity contribution in [3.8, 4) is 0 Å². The second-order valence-electron chi connectivity index (χ2n) is 4.38. The highest BCUT2D eigenvalue weighted by atomic mass is 16.3. The molecule has 0 amide bonds. The average Bonchev–Trinajstić information content (AvgIpc) is 2.18. The number of rotatable bonds is 7. The molecule has 0 heterocycles. The standard InChI is InChI=1S/C12H26O/c1-5-8-9-11(10-13)12(4,6-2)7-3/h11,13H,5-10H2,1-4H3. The third kappa shape index (κ3) is 3.68. The first-order valence-electron chi connectivity index (χ1n) is 5.75. The van der Waals surface area contributed by atoms with Crippen LogP contribution in [0.2, 0.25) is 0 Å². The quantitative estimate of drug-likeness (QED) is 0.644. The Bertz CT molecular complexity index is 116. The zero-order valence-electron chi connectivity index (χ0n) is 9.77. The molecule has 0 saturated carbocycles. The molecule has 1 N–H and O–H groups in total. The van der Waals surface area contributed by atoms with E-state index in [0.29, 0.717) is 17.9 Å². The molecule has 0 aromatic carbocycles. The summed E-state index contributed by atoms with van der Waals surface area (Å²) in [7, 11) is 0. The van der Waals surface area contributed by atoms with Crippen LogP contribution in [-0.4, -0.2) is 11.7 Å². The Morgan fingerprint density at radius 2 is 1.69 bits per heavy atom. The Labute approximate surface area is 83.5 Å². The minimum Gasteiger partial charge on any atom is -0.396 e. The lowest BCUT2D eigenvalue weighted by Crippen LogP contribution is -2.28. The maximum atomic E-state index is 9.35. The van der Waals surface area contributed by atoms with Crippen molar-refractivity contribution in [2.75, 3.05) is 6.61 Å². The number of unbranched alkanes of at least 4 members (excludes halogenated alkanes) is 1.